The second kappa shape index (κ2) is 4.37. The fourth-order valence-corrected chi connectivity index (χ4v) is 2.13. The van der Waals surface area contributed by atoms with Gasteiger partial charge < -0.3 is 4.74 Å². The Labute approximate surface area is 107 Å². The van der Waals surface area contributed by atoms with Gasteiger partial charge in [-0.05, 0) is 47.2 Å². The molecule has 0 bridgehead atoms. The van der Waals surface area contributed by atoms with Gasteiger partial charge in [0.2, 0.25) is 0 Å². The van der Waals surface area contributed by atoms with E-state index in [0.29, 0.717) is 5.56 Å². The molecule has 0 unspecified atom stereocenters. The summed E-state index contributed by atoms with van der Waals surface area (Å²) in [5.74, 6) is -0.320. The molecule has 4 heteroatoms. The number of carbonyl (C=O) groups excluding carboxylic acids is 1. The molecule has 1 heterocycles. The van der Waals surface area contributed by atoms with Gasteiger partial charge in [-0.2, -0.15) is 0 Å². The number of esters is 1. The quantitative estimate of drug-likeness (QED) is 0.597. The Kier molecular flexibility index (Phi) is 3.09. The van der Waals surface area contributed by atoms with Crippen molar-refractivity contribution in [2.75, 3.05) is 7.11 Å². The molecule has 0 saturated carbocycles. The predicted octanol–water partition coefficient (Wildman–Crippen LogP) is 2.93. The van der Waals surface area contributed by atoms with Crippen LogP contribution in [0.25, 0.3) is 10.9 Å². The van der Waals surface area contributed by atoms with Crippen LogP contribution in [-0.4, -0.2) is 18.1 Å². The van der Waals surface area contributed by atoms with Crippen LogP contribution in [0.15, 0.2) is 24.4 Å². The van der Waals surface area contributed by atoms with Crippen LogP contribution in [0.2, 0.25) is 0 Å². The van der Waals surface area contributed by atoms with Crippen molar-refractivity contribution < 1.29 is 9.53 Å². The van der Waals surface area contributed by atoms with E-state index in [9.17, 15) is 4.79 Å². The third-order valence-electron chi connectivity index (χ3n) is 2.48. The molecule has 1 aromatic carbocycles. The van der Waals surface area contributed by atoms with E-state index in [-0.39, 0.29) is 5.97 Å². The first kappa shape index (κ1) is 11.3. The average molecular weight is 327 g/mol. The minimum absolute atomic E-state index is 0.320. The van der Waals surface area contributed by atoms with Gasteiger partial charge in [-0.1, -0.05) is 6.07 Å². The maximum Gasteiger partial charge on any atom is 0.338 e. The van der Waals surface area contributed by atoms with Gasteiger partial charge in [-0.25, -0.2) is 4.79 Å². The van der Waals surface area contributed by atoms with Gasteiger partial charge in [0.1, 0.15) is 0 Å². The molecule has 16 heavy (non-hydrogen) atoms. The van der Waals surface area contributed by atoms with Crippen molar-refractivity contribution >= 4 is 39.5 Å². The van der Waals surface area contributed by atoms with Crippen molar-refractivity contribution in [3.8, 4) is 0 Å². The monoisotopic (exact) mass is 327 g/mol. The lowest BCUT2D eigenvalue weighted by atomic mass is 10.0. The number of ether oxygens (including phenoxy) is 1. The van der Waals surface area contributed by atoms with Gasteiger partial charge in [0.25, 0.3) is 0 Å². The number of nitrogens with zero attached hydrogens (tertiary/aromatic N) is 1. The van der Waals surface area contributed by atoms with Crippen LogP contribution in [0.3, 0.4) is 0 Å². The molecule has 0 radical (unpaired) electrons. The van der Waals surface area contributed by atoms with E-state index in [4.69, 9.17) is 4.74 Å². The zero-order chi connectivity index (χ0) is 11.7. The summed E-state index contributed by atoms with van der Waals surface area (Å²) >= 11 is 2.21. The van der Waals surface area contributed by atoms with E-state index in [1.807, 2.05) is 19.1 Å². The zero-order valence-electron chi connectivity index (χ0n) is 8.95. The zero-order valence-corrected chi connectivity index (χ0v) is 11.1. The predicted molar refractivity (Wildman–Crippen MR) is 70.5 cm³/mol. The number of halogens is 1. The smallest absolute Gasteiger partial charge is 0.338 e. The maximum atomic E-state index is 11.5. The number of aromatic nitrogens is 1. The number of hydrogen-bond acceptors (Lipinski definition) is 3. The first-order chi connectivity index (χ1) is 7.63. The fraction of sp³-hybridized carbons (Fsp3) is 0.167. The number of benzene rings is 1. The van der Waals surface area contributed by atoms with Gasteiger partial charge in [0.05, 0.1) is 18.2 Å². The first-order valence-corrected chi connectivity index (χ1v) is 5.84. The van der Waals surface area contributed by atoms with E-state index in [1.54, 1.807) is 12.3 Å². The van der Waals surface area contributed by atoms with Crippen molar-refractivity contribution in [2.45, 2.75) is 6.92 Å². The van der Waals surface area contributed by atoms with Gasteiger partial charge in [-0.15, -0.1) is 0 Å². The normalized spacial score (nSPS) is 10.4. The number of fused-ring (bicyclic) bond motifs is 1. The SMILES string of the molecule is COC(=O)c1ccc2cc(I)cnc2c1C. The Bertz CT molecular complexity index is 566. The van der Waals surface area contributed by atoms with Crippen molar-refractivity contribution in [1.29, 1.82) is 0 Å². The molecule has 2 aromatic rings. The highest BCUT2D eigenvalue weighted by molar-refractivity contribution is 14.1. The van der Waals surface area contributed by atoms with Crippen molar-refractivity contribution in [2.24, 2.45) is 0 Å². The second-order valence-corrected chi connectivity index (χ2v) is 4.70. The van der Waals surface area contributed by atoms with Crippen LogP contribution in [0, 0.1) is 10.5 Å². The summed E-state index contributed by atoms with van der Waals surface area (Å²) < 4.78 is 5.80. The van der Waals surface area contributed by atoms with E-state index >= 15 is 0 Å². The number of rotatable bonds is 1. The second-order valence-electron chi connectivity index (χ2n) is 3.45. The van der Waals surface area contributed by atoms with Crippen LogP contribution < -0.4 is 0 Å². The molecule has 0 aliphatic heterocycles. The molecular weight excluding hydrogens is 317 g/mol. The van der Waals surface area contributed by atoms with Crippen LogP contribution in [-0.2, 0) is 4.74 Å². The van der Waals surface area contributed by atoms with Crippen molar-refractivity contribution in [1.82, 2.24) is 4.98 Å². The molecule has 0 amide bonds. The van der Waals surface area contributed by atoms with Crippen LogP contribution in [0.1, 0.15) is 15.9 Å². The number of methoxy groups -OCH3 is 1. The first-order valence-electron chi connectivity index (χ1n) is 4.76. The van der Waals surface area contributed by atoms with E-state index in [1.165, 1.54) is 7.11 Å². The van der Waals surface area contributed by atoms with Gasteiger partial charge in [0, 0.05) is 15.2 Å². The minimum Gasteiger partial charge on any atom is -0.465 e. The Hall–Kier alpha value is -1.17. The van der Waals surface area contributed by atoms with E-state index < -0.39 is 0 Å². The third-order valence-corrected chi connectivity index (χ3v) is 3.07. The molecule has 0 saturated heterocycles. The number of carbonyl (C=O) groups is 1. The Morgan fingerprint density at radius 1 is 1.44 bits per heavy atom. The summed E-state index contributed by atoms with van der Waals surface area (Å²) in [7, 11) is 1.38. The van der Waals surface area contributed by atoms with Crippen LogP contribution in [0.4, 0.5) is 0 Å². The minimum atomic E-state index is -0.320. The van der Waals surface area contributed by atoms with Gasteiger partial charge >= 0.3 is 5.97 Å². The summed E-state index contributed by atoms with van der Waals surface area (Å²) in [6.45, 7) is 1.88. The molecular formula is C12H10INO2. The Morgan fingerprint density at radius 3 is 2.88 bits per heavy atom. The summed E-state index contributed by atoms with van der Waals surface area (Å²) in [6, 6.07) is 5.71. The molecule has 0 fully saturated rings. The Balaban J connectivity index is 2.70. The lowest BCUT2D eigenvalue weighted by Gasteiger charge is -2.06. The summed E-state index contributed by atoms with van der Waals surface area (Å²) in [5.41, 5.74) is 2.28. The highest BCUT2D eigenvalue weighted by Gasteiger charge is 2.12. The standard InChI is InChI=1S/C12H10INO2/c1-7-10(12(15)16-2)4-3-8-5-9(13)6-14-11(7)8/h3-6H,1-2H3. The maximum absolute atomic E-state index is 11.5. The summed E-state index contributed by atoms with van der Waals surface area (Å²) in [6.07, 6.45) is 1.79. The lowest BCUT2D eigenvalue weighted by molar-refractivity contribution is 0.0600. The molecule has 0 spiro atoms. The van der Waals surface area contributed by atoms with Gasteiger partial charge in [-0.3, -0.25) is 4.98 Å². The molecule has 0 aliphatic rings. The lowest BCUT2D eigenvalue weighted by Crippen LogP contribution is -2.04. The molecule has 2 rings (SSSR count). The third kappa shape index (κ3) is 1.89. The largest absolute Gasteiger partial charge is 0.465 e. The molecule has 0 N–H and O–H groups in total. The van der Waals surface area contributed by atoms with Crippen LogP contribution in [0.5, 0.6) is 0 Å². The molecule has 82 valence electrons. The summed E-state index contributed by atoms with van der Waals surface area (Å²) in [4.78, 5) is 15.8. The molecule has 1 aromatic heterocycles. The number of aryl methyl sites for hydroxylation is 1. The fourth-order valence-electron chi connectivity index (χ4n) is 1.65. The van der Waals surface area contributed by atoms with E-state index in [0.717, 1.165) is 20.0 Å². The Morgan fingerprint density at radius 2 is 2.19 bits per heavy atom. The molecule has 0 atom stereocenters. The highest BCUT2D eigenvalue weighted by atomic mass is 127. The van der Waals surface area contributed by atoms with Crippen molar-refractivity contribution in [3.63, 3.8) is 0 Å². The highest BCUT2D eigenvalue weighted by Crippen LogP contribution is 2.21. The van der Waals surface area contributed by atoms with Gasteiger partial charge in [0.15, 0.2) is 0 Å². The van der Waals surface area contributed by atoms with Crippen molar-refractivity contribution in [3.05, 3.63) is 39.1 Å². The summed E-state index contributed by atoms with van der Waals surface area (Å²) in [5, 5.41) is 1.04. The van der Waals surface area contributed by atoms with E-state index in [2.05, 4.69) is 27.6 Å². The molecule has 3 nitrogen and oxygen atoms in total. The molecule has 0 aliphatic carbocycles. The topological polar surface area (TPSA) is 39.2 Å². The number of hydrogen-bond donors (Lipinski definition) is 0. The average Bonchev–Trinajstić information content (AvgIpc) is 2.28. The number of pyridine rings is 1. The van der Waals surface area contributed by atoms with Crippen LogP contribution >= 0.6 is 22.6 Å².